The van der Waals surface area contributed by atoms with Gasteiger partial charge in [0.15, 0.2) is 0 Å². The van der Waals surface area contributed by atoms with Crippen molar-refractivity contribution in [2.45, 2.75) is 5.41 Å². The second-order valence-corrected chi connectivity index (χ2v) is 20.0. The van der Waals surface area contributed by atoms with Gasteiger partial charge in [-0.2, -0.15) is 0 Å². The first-order chi connectivity index (χ1) is 32.3. The zero-order valence-electron chi connectivity index (χ0n) is 34.8. The van der Waals surface area contributed by atoms with Crippen molar-refractivity contribution in [2.75, 3.05) is 0 Å². The molecule has 0 unspecified atom stereocenters. The molecule has 0 saturated carbocycles. The molecule has 300 valence electrons. The molecule has 10 aromatic carbocycles. The molecule has 4 heterocycles. The van der Waals surface area contributed by atoms with Crippen molar-refractivity contribution in [1.29, 1.82) is 0 Å². The molecule has 0 saturated heterocycles. The minimum Gasteiger partial charge on any atom is -0.309 e. The average Bonchev–Trinajstić information content (AvgIpc) is 4.20. The first kappa shape index (κ1) is 34.7. The van der Waals surface area contributed by atoms with Gasteiger partial charge in [0.1, 0.15) is 0 Å². The average molecular weight is 859 g/mol. The Morgan fingerprint density at radius 2 is 0.692 bits per heavy atom. The van der Waals surface area contributed by atoms with Crippen molar-refractivity contribution in [2.24, 2.45) is 0 Å². The van der Waals surface area contributed by atoms with E-state index < -0.39 is 5.41 Å². The van der Waals surface area contributed by atoms with Crippen molar-refractivity contribution in [1.82, 2.24) is 9.13 Å². The number of fused-ring (bicyclic) bond motifs is 24. The van der Waals surface area contributed by atoms with Gasteiger partial charge < -0.3 is 9.13 Å². The Morgan fingerprint density at radius 1 is 0.292 bits per heavy atom. The maximum atomic E-state index is 2.53. The van der Waals surface area contributed by atoms with E-state index in [1.165, 1.54) is 140 Å². The molecule has 0 fully saturated rings. The third kappa shape index (κ3) is 4.21. The lowest BCUT2D eigenvalue weighted by Crippen LogP contribution is -2.25. The van der Waals surface area contributed by atoms with Crippen LogP contribution < -0.4 is 0 Å². The zero-order chi connectivity index (χ0) is 42.1. The van der Waals surface area contributed by atoms with Crippen LogP contribution >= 0.6 is 22.7 Å². The summed E-state index contributed by atoms with van der Waals surface area (Å²) in [6.45, 7) is 0. The van der Waals surface area contributed by atoms with Gasteiger partial charge in [-0.05, 0) is 117 Å². The van der Waals surface area contributed by atoms with E-state index in [1.807, 2.05) is 22.7 Å². The fraction of sp³-hybridized carbons (Fsp3) is 0.0164. The van der Waals surface area contributed by atoms with Crippen LogP contribution in [-0.2, 0) is 5.41 Å². The number of thiophene rings is 2. The van der Waals surface area contributed by atoms with Gasteiger partial charge in [0.2, 0.25) is 0 Å². The number of benzene rings is 10. The molecule has 1 spiro atoms. The third-order valence-corrected chi connectivity index (χ3v) is 17.2. The van der Waals surface area contributed by atoms with Gasteiger partial charge in [-0.25, -0.2) is 0 Å². The van der Waals surface area contributed by atoms with Gasteiger partial charge in [-0.3, -0.25) is 0 Å². The molecule has 0 aliphatic heterocycles. The minimum atomic E-state index is -0.504. The van der Waals surface area contributed by atoms with Gasteiger partial charge in [0.05, 0.1) is 27.5 Å². The van der Waals surface area contributed by atoms with Crippen molar-refractivity contribution in [3.8, 4) is 33.6 Å². The van der Waals surface area contributed by atoms with Gasteiger partial charge in [0.25, 0.3) is 0 Å². The Morgan fingerprint density at radius 3 is 1.18 bits per heavy atom. The monoisotopic (exact) mass is 858 g/mol. The van der Waals surface area contributed by atoms with E-state index in [9.17, 15) is 0 Å². The van der Waals surface area contributed by atoms with Crippen LogP contribution in [-0.4, -0.2) is 9.13 Å². The molecular formula is C61H34N2S2. The first-order valence-electron chi connectivity index (χ1n) is 22.4. The number of nitrogens with zero attached hydrogens (tertiary/aromatic N) is 2. The number of para-hydroxylation sites is 2. The molecule has 4 heteroatoms. The van der Waals surface area contributed by atoms with Gasteiger partial charge in [-0.15, -0.1) is 22.7 Å². The van der Waals surface area contributed by atoms with Crippen LogP contribution in [0.15, 0.2) is 206 Å². The fourth-order valence-electron chi connectivity index (χ4n) is 12.5. The standard InChI is InChI=1S/C61H34N2S2/c1-7-19-45-37(13-1)38-14-2-8-20-46(38)61(45)47-27-29-51-57(41-17-3-9-21-49(41)62(51)35-25-31-55-43(33-35)39-15-5-11-23-53(39)64-55)59(47)60-48(61)28-30-52-58(60)42-18-4-10-22-50(42)63(52)36-26-32-56-44(34-36)40-16-6-12-24-54(40)65-56/h1-34H. The number of hydrogen-bond donors (Lipinski definition) is 0. The molecule has 0 N–H and O–H groups in total. The Hall–Kier alpha value is -7.76. The molecule has 0 atom stereocenters. The smallest absolute Gasteiger partial charge is 0.0726 e. The van der Waals surface area contributed by atoms with E-state index in [4.69, 9.17) is 0 Å². The molecular weight excluding hydrogens is 825 g/mol. The fourth-order valence-corrected chi connectivity index (χ4v) is 14.7. The van der Waals surface area contributed by atoms with Crippen LogP contribution in [0.25, 0.3) is 118 Å². The summed E-state index contributed by atoms with van der Waals surface area (Å²) >= 11 is 3.75. The Balaban J connectivity index is 1.08. The van der Waals surface area contributed by atoms with Crippen LogP contribution in [0.5, 0.6) is 0 Å². The van der Waals surface area contributed by atoms with Crippen molar-refractivity contribution >= 4 is 107 Å². The van der Waals surface area contributed by atoms with Crippen molar-refractivity contribution in [3.63, 3.8) is 0 Å². The predicted molar refractivity (Wildman–Crippen MR) is 277 cm³/mol. The van der Waals surface area contributed by atoms with Crippen LogP contribution in [0.2, 0.25) is 0 Å². The molecule has 14 aromatic rings. The molecule has 65 heavy (non-hydrogen) atoms. The summed E-state index contributed by atoms with van der Waals surface area (Å²) in [4.78, 5) is 0. The highest BCUT2D eigenvalue weighted by molar-refractivity contribution is 7.26. The highest BCUT2D eigenvalue weighted by Gasteiger charge is 2.53. The lowest BCUT2D eigenvalue weighted by atomic mass is 9.70. The van der Waals surface area contributed by atoms with Crippen LogP contribution in [0.1, 0.15) is 22.3 Å². The third-order valence-electron chi connectivity index (χ3n) is 14.9. The van der Waals surface area contributed by atoms with E-state index in [1.54, 1.807) is 0 Å². The molecule has 2 nitrogen and oxygen atoms in total. The summed E-state index contributed by atoms with van der Waals surface area (Å²) in [5, 5.41) is 10.4. The number of rotatable bonds is 2. The zero-order valence-corrected chi connectivity index (χ0v) is 36.5. The van der Waals surface area contributed by atoms with E-state index >= 15 is 0 Å². The summed E-state index contributed by atoms with van der Waals surface area (Å²) in [6, 6.07) is 78.3. The largest absolute Gasteiger partial charge is 0.309 e. The maximum absolute atomic E-state index is 2.53. The Kier molecular flexibility index (Phi) is 6.55. The SMILES string of the molecule is c1ccc2c(c1)-c1ccccc1C21c2ccc3c(c2-c2c1ccc1c2c2ccccc2n1-c1ccc2sc4ccccc4c2c1)c1ccccc1n3-c1ccc2sc3ccccc3c2c1. The van der Waals surface area contributed by atoms with Crippen LogP contribution in [0.3, 0.4) is 0 Å². The second kappa shape index (κ2) is 12.3. The van der Waals surface area contributed by atoms with E-state index in [0.717, 1.165) is 0 Å². The van der Waals surface area contributed by atoms with E-state index in [-0.39, 0.29) is 0 Å². The van der Waals surface area contributed by atoms with Gasteiger partial charge >= 0.3 is 0 Å². The minimum absolute atomic E-state index is 0.504. The quantitative estimate of drug-likeness (QED) is 0.164. The highest BCUT2D eigenvalue weighted by atomic mass is 32.1. The lowest BCUT2D eigenvalue weighted by molar-refractivity contribution is 0.795. The molecule has 0 amide bonds. The van der Waals surface area contributed by atoms with E-state index in [2.05, 4.69) is 215 Å². The first-order valence-corrected chi connectivity index (χ1v) is 24.1. The highest BCUT2D eigenvalue weighted by Crippen LogP contribution is 2.66. The second-order valence-electron chi connectivity index (χ2n) is 17.9. The molecule has 0 bridgehead atoms. The molecule has 16 rings (SSSR count). The summed E-state index contributed by atoms with van der Waals surface area (Å²) in [7, 11) is 0. The maximum Gasteiger partial charge on any atom is 0.0726 e. The lowest BCUT2D eigenvalue weighted by Gasteiger charge is -2.30. The van der Waals surface area contributed by atoms with Gasteiger partial charge in [0, 0.05) is 73.3 Å². The number of hydrogen-bond acceptors (Lipinski definition) is 2. The van der Waals surface area contributed by atoms with Crippen molar-refractivity contribution in [3.05, 3.63) is 229 Å². The molecule has 4 aromatic heterocycles. The van der Waals surface area contributed by atoms with Gasteiger partial charge in [-0.1, -0.05) is 133 Å². The Labute approximate surface area is 381 Å². The summed E-state index contributed by atoms with van der Waals surface area (Å²) in [6.07, 6.45) is 0. The summed E-state index contributed by atoms with van der Waals surface area (Å²) in [5.74, 6) is 0. The summed E-state index contributed by atoms with van der Waals surface area (Å²) < 4.78 is 10.3. The molecule has 2 aliphatic rings. The summed E-state index contributed by atoms with van der Waals surface area (Å²) in [5.41, 5.74) is 17.5. The predicted octanol–water partition coefficient (Wildman–Crippen LogP) is 17.0. The normalized spacial score (nSPS) is 13.7. The number of aromatic nitrogens is 2. The van der Waals surface area contributed by atoms with E-state index in [0.29, 0.717) is 0 Å². The topological polar surface area (TPSA) is 9.86 Å². The van der Waals surface area contributed by atoms with Crippen LogP contribution in [0, 0.1) is 0 Å². The Bertz CT molecular complexity index is 4150. The molecule has 0 radical (unpaired) electrons. The molecule has 2 aliphatic carbocycles. The van der Waals surface area contributed by atoms with Crippen molar-refractivity contribution < 1.29 is 0 Å². The van der Waals surface area contributed by atoms with Crippen LogP contribution in [0.4, 0.5) is 0 Å².